The molecular weight excluding hydrogens is 596 g/mol. The summed E-state index contributed by atoms with van der Waals surface area (Å²) in [4.78, 5) is 61.9. The normalized spacial score (nSPS) is 16.9. The van der Waals surface area contributed by atoms with Crippen molar-refractivity contribution in [1.29, 1.82) is 0 Å². The van der Waals surface area contributed by atoms with Gasteiger partial charge in [0.1, 0.15) is 34.3 Å². The number of oxazole rings is 1. The number of methoxy groups -OCH3 is 1. The second-order valence-corrected chi connectivity index (χ2v) is 13.3. The standard InChI is InChI=1S/C33H38N4O7S/c1-20-26-29(39)37(33(2,3)31(40)35-16-7-8-17-35)32(41)36(30(26)45-27(20)28-34-15-18-43-28)19-25(23-9-5-6-10-24(23)42-4)44-22-13-11-21(38)12-14-22/h5-6,9-10,15,18,22,25H,7-8,11-14,16-17,19H2,1-4H3/t25-/m0/s1. The molecule has 0 unspecified atom stereocenters. The lowest BCUT2D eigenvalue weighted by Crippen LogP contribution is -2.56. The monoisotopic (exact) mass is 634 g/mol. The number of likely N-dealkylation sites (tertiary alicyclic amines) is 1. The summed E-state index contributed by atoms with van der Waals surface area (Å²) in [6.45, 7) is 6.30. The SMILES string of the molecule is COc1ccccc1[C@H](Cn1c(=O)n(C(C)(C)C(=O)N2CCCC2)c(=O)c2c(C)c(-c3ncco3)sc21)OC1CCC(=O)CC1. The first kappa shape index (κ1) is 31.0. The molecule has 1 aliphatic heterocycles. The van der Waals surface area contributed by atoms with E-state index in [2.05, 4.69) is 4.98 Å². The minimum atomic E-state index is -1.45. The van der Waals surface area contributed by atoms with Gasteiger partial charge in [-0.05, 0) is 58.1 Å². The van der Waals surface area contributed by atoms with Crippen LogP contribution >= 0.6 is 11.3 Å². The summed E-state index contributed by atoms with van der Waals surface area (Å²) < 4.78 is 20.6. The van der Waals surface area contributed by atoms with E-state index in [0.717, 1.165) is 23.0 Å². The minimum Gasteiger partial charge on any atom is -0.496 e. The summed E-state index contributed by atoms with van der Waals surface area (Å²) in [5, 5.41) is 0.331. The van der Waals surface area contributed by atoms with Crippen LogP contribution in [0.5, 0.6) is 5.75 Å². The highest BCUT2D eigenvalue weighted by Crippen LogP contribution is 2.38. The number of para-hydroxylation sites is 1. The second kappa shape index (κ2) is 12.4. The molecule has 0 spiro atoms. The summed E-state index contributed by atoms with van der Waals surface area (Å²) in [6.07, 6.45) is 5.94. The molecule has 1 saturated carbocycles. The number of benzene rings is 1. The number of hydrogen-bond donors (Lipinski definition) is 0. The molecule has 1 amide bonds. The van der Waals surface area contributed by atoms with Crippen molar-refractivity contribution in [1.82, 2.24) is 19.0 Å². The fourth-order valence-electron chi connectivity index (χ4n) is 6.54. The zero-order valence-corrected chi connectivity index (χ0v) is 26.9. The first-order valence-electron chi connectivity index (χ1n) is 15.4. The number of fused-ring (bicyclic) bond motifs is 1. The smallest absolute Gasteiger partial charge is 0.333 e. The number of ether oxygens (including phenoxy) is 2. The van der Waals surface area contributed by atoms with E-state index in [1.165, 1.54) is 23.8 Å². The van der Waals surface area contributed by atoms with E-state index < -0.39 is 22.9 Å². The van der Waals surface area contributed by atoms with E-state index in [9.17, 15) is 19.2 Å². The van der Waals surface area contributed by atoms with Crippen molar-refractivity contribution in [3.05, 3.63) is 68.7 Å². The van der Waals surface area contributed by atoms with Crippen LogP contribution in [0, 0.1) is 6.92 Å². The van der Waals surface area contributed by atoms with Crippen molar-refractivity contribution in [2.45, 2.75) is 83.6 Å². The van der Waals surface area contributed by atoms with E-state index in [1.807, 2.05) is 31.2 Å². The molecule has 12 heteroatoms. The van der Waals surface area contributed by atoms with Gasteiger partial charge in [0.25, 0.3) is 5.56 Å². The lowest BCUT2D eigenvalue weighted by Gasteiger charge is -2.32. The maximum absolute atomic E-state index is 14.6. The fourth-order valence-corrected chi connectivity index (χ4v) is 7.78. The molecule has 1 atom stereocenters. The molecule has 3 aromatic heterocycles. The maximum Gasteiger partial charge on any atom is 0.333 e. The summed E-state index contributed by atoms with van der Waals surface area (Å²) in [5.74, 6) is 0.886. The number of nitrogens with zero attached hydrogens (tertiary/aromatic N) is 4. The van der Waals surface area contributed by atoms with Gasteiger partial charge in [-0.2, -0.15) is 0 Å². The molecule has 4 aromatic rings. The Kier molecular flexibility index (Phi) is 8.53. The molecule has 1 aliphatic carbocycles. The van der Waals surface area contributed by atoms with E-state index in [4.69, 9.17) is 13.9 Å². The van der Waals surface area contributed by atoms with Crippen LogP contribution in [0.15, 0.2) is 50.7 Å². The van der Waals surface area contributed by atoms with Crippen molar-refractivity contribution in [2.75, 3.05) is 20.2 Å². The van der Waals surface area contributed by atoms with E-state index in [0.29, 0.717) is 71.1 Å². The number of Topliss-reactive ketones (excluding diaryl/α,β-unsaturated/α-hetero) is 1. The van der Waals surface area contributed by atoms with Crippen LogP contribution in [-0.4, -0.2) is 57.0 Å². The molecule has 0 radical (unpaired) electrons. The maximum atomic E-state index is 14.6. The zero-order valence-electron chi connectivity index (χ0n) is 26.0. The van der Waals surface area contributed by atoms with Gasteiger partial charge in [0, 0.05) is 31.5 Å². The van der Waals surface area contributed by atoms with E-state index >= 15 is 0 Å². The summed E-state index contributed by atoms with van der Waals surface area (Å²) >= 11 is 1.25. The molecule has 6 rings (SSSR count). The number of hydrogen-bond acceptors (Lipinski definition) is 9. The summed E-state index contributed by atoms with van der Waals surface area (Å²) in [7, 11) is 1.58. The van der Waals surface area contributed by atoms with Gasteiger partial charge in [0.05, 0.1) is 36.2 Å². The molecule has 4 heterocycles. The summed E-state index contributed by atoms with van der Waals surface area (Å²) in [5.41, 5.74) is -1.22. The van der Waals surface area contributed by atoms with Crippen LogP contribution in [0.1, 0.15) is 69.6 Å². The van der Waals surface area contributed by atoms with Crippen LogP contribution in [0.4, 0.5) is 0 Å². The molecule has 238 valence electrons. The molecule has 45 heavy (non-hydrogen) atoms. The highest BCUT2D eigenvalue weighted by Gasteiger charge is 2.39. The predicted octanol–water partition coefficient (Wildman–Crippen LogP) is 4.82. The molecule has 2 aliphatic rings. The van der Waals surface area contributed by atoms with E-state index in [1.54, 1.807) is 30.4 Å². The number of carbonyl (C=O) groups excluding carboxylic acids is 2. The number of carbonyl (C=O) groups is 2. The van der Waals surface area contributed by atoms with Crippen LogP contribution in [0.3, 0.4) is 0 Å². The van der Waals surface area contributed by atoms with Gasteiger partial charge in [0.15, 0.2) is 0 Å². The lowest BCUT2D eigenvalue weighted by atomic mass is 9.96. The van der Waals surface area contributed by atoms with Gasteiger partial charge < -0.3 is 18.8 Å². The lowest BCUT2D eigenvalue weighted by molar-refractivity contribution is -0.138. The van der Waals surface area contributed by atoms with Crippen molar-refractivity contribution >= 4 is 33.2 Å². The van der Waals surface area contributed by atoms with Crippen LogP contribution < -0.4 is 16.0 Å². The van der Waals surface area contributed by atoms with Crippen LogP contribution in [0.2, 0.25) is 0 Å². The molecule has 1 saturated heterocycles. The Bertz CT molecular complexity index is 1840. The van der Waals surface area contributed by atoms with Crippen molar-refractivity contribution in [2.24, 2.45) is 0 Å². The van der Waals surface area contributed by atoms with Crippen LogP contribution in [-0.2, 0) is 26.4 Å². The molecular formula is C33H38N4O7S. The fraction of sp³-hybridized carbons (Fsp3) is 0.485. The highest BCUT2D eigenvalue weighted by molar-refractivity contribution is 7.22. The summed E-state index contributed by atoms with van der Waals surface area (Å²) in [6, 6.07) is 7.48. The molecule has 2 fully saturated rings. The van der Waals surface area contributed by atoms with Gasteiger partial charge in [-0.1, -0.05) is 18.2 Å². The molecule has 1 aromatic carbocycles. The second-order valence-electron chi connectivity index (χ2n) is 12.3. The van der Waals surface area contributed by atoms with Gasteiger partial charge in [0.2, 0.25) is 11.8 Å². The number of aryl methyl sites for hydroxylation is 1. The topological polar surface area (TPSA) is 126 Å². The third kappa shape index (κ3) is 5.65. The van der Waals surface area contributed by atoms with Gasteiger partial charge in [-0.25, -0.2) is 14.3 Å². The number of amides is 1. The highest BCUT2D eigenvalue weighted by atomic mass is 32.1. The third-order valence-corrected chi connectivity index (χ3v) is 10.3. The van der Waals surface area contributed by atoms with Gasteiger partial charge >= 0.3 is 5.69 Å². The number of aromatic nitrogens is 3. The largest absolute Gasteiger partial charge is 0.496 e. The molecule has 0 N–H and O–H groups in total. The quantitative estimate of drug-likeness (QED) is 0.257. The Hall–Kier alpha value is -4.03. The Balaban J connectivity index is 1.55. The number of thiophene rings is 1. The number of ketones is 1. The average molecular weight is 635 g/mol. The Morgan fingerprint density at radius 1 is 1.13 bits per heavy atom. The van der Waals surface area contributed by atoms with E-state index in [-0.39, 0.29) is 24.3 Å². The van der Waals surface area contributed by atoms with Crippen molar-refractivity contribution in [3.63, 3.8) is 0 Å². The zero-order chi connectivity index (χ0) is 31.9. The number of rotatable bonds is 9. The molecule has 0 bridgehead atoms. The predicted molar refractivity (Wildman–Crippen MR) is 170 cm³/mol. The minimum absolute atomic E-state index is 0.0411. The first-order chi connectivity index (χ1) is 21.6. The van der Waals surface area contributed by atoms with Crippen molar-refractivity contribution < 1.29 is 23.5 Å². The average Bonchev–Trinajstić information content (AvgIpc) is 3.81. The first-order valence-corrected chi connectivity index (χ1v) is 16.2. The Morgan fingerprint density at radius 3 is 2.51 bits per heavy atom. The van der Waals surface area contributed by atoms with Gasteiger partial charge in [-0.3, -0.25) is 19.0 Å². The Labute approximate surface area is 264 Å². The van der Waals surface area contributed by atoms with Crippen LogP contribution in [0.25, 0.3) is 21.0 Å². The van der Waals surface area contributed by atoms with Crippen molar-refractivity contribution in [3.8, 4) is 16.5 Å². The van der Waals surface area contributed by atoms with Gasteiger partial charge in [-0.15, -0.1) is 11.3 Å². The Morgan fingerprint density at radius 2 is 1.84 bits per heavy atom. The molecule has 11 nitrogen and oxygen atoms in total. The third-order valence-electron chi connectivity index (χ3n) is 9.00.